The number of hydrogen-bond acceptors (Lipinski definition) is 5. The van der Waals surface area contributed by atoms with Gasteiger partial charge in [0.15, 0.2) is 11.7 Å². The van der Waals surface area contributed by atoms with Crippen LogP contribution in [0.3, 0.4) is 0 Å². The maximum atomic E-state index is 12.6. The van der Waals surface area contributed by atoms with E-state index in [4.69, 9.17) is 4.74 Å². The zero-order valence-corrected chi connectivity index (χ0v) is 17.5. The zero-order valence-electron chi connectivity index (χ0n) is 16.7. The molecule has 0 atom stereocenters. The molecule has 0 spiro atoms. The van der Waals surface area contributed by atoms with Crippen molar-refractivity contribution in [1.82, 2.24) is 4.98 Å². The molecule has 7 heteroatoms. The van der Waals surface area contributed by atoms with Crippen molar-refractivity contribution in [3.05, 3.63) is 71.1 Å². The number of nitrogens with one attached hydrogen (secondary N) is 1. The van der Waals surface area contributed by atoms with E-state index < -0.39 is 0 Å². The van der Waals surface area contributed by atoms with E-state index in [-0.39, 0.29) is 18.4 Å². The summed E-state index contributed by atoms with van der Waals surface area (Å²) in [7, 11) is 0. The molecule has 0 aliphatic carbocycles. The van der Waals surface area contributed by atoms with Crippen LogP contribution in [-0.2, 0) is 16.1 Å². The number of hydrogen-bond donors (Lipinski definition) is 1. The molecule has 1 aromatic heterocycles. The van der Waals surface area contributed by atoms with Gasteiger partial charge in [0, 0.05) is 17.0 Å². The molecular weight excluding hydrogens is 398 g/mol. The van der Waals surface area contributed by atoms with Gasteiger partial charge in [-0.2, -0.15) is 0 Å². The molecule has 6 nitrogen and oxygen atoms in total. The lowest BCUT2D eigenvalue weighted by Crippen LogP contribution is -2.38. The van der Waals surface area contributed by atoms with Crippen LogP contribution in [0.25, 0.3) is 11.3 Å². The molecule has 1 aliphatic heterocycles. The Labute approximate surface area is 178 Å². The van der Waals surface area contributed by atoms with E-state index in [1.807, 2.05) is 67.8 Å². The summed E-state index contributed by atoms with van der Waals surface area (Å²) in [5, 5.41) is 5.19. The van der Waals surface area contributed by atoms with E-state index >= 15 is 0 Å². The van der Waals surface area contributed by atoms with Crippen molar-refractivity contribution in [3.63, 3.8) is 0 Å². The minimum absolute atomic E-state index is 0.0242. The van der Waals surface area contributed by atoms with Gasteiger partial charge in [-0.05, 0) is 37.6 Å². The van der Waals surface area contributed by atoms with Crippen molar-refractivity contribution in [1.29, 1.82) is 0 Å². The van der Waals surface area contributed by atoms with Crippen LogP contribution in [0.4, 0.5) is 10.8 Å². The number of carbonyl (C=O) groups excluding carboxylic acids is 2. The average Bonchev–Trinajstić information content (AvgIpc) is 3.18. The second-order valence-corrected chi connectivity index (χ2v) is 8.04. The smallest absolute Gasteiger partial charge is 0.265 e. The van der Waals surface area contributed by atoms with E-state index in [0.717, 1.165) is 28.1 Å². The molecule has 0 saturated heterocycles. The van der Waals surface area contributed by atoms with E-state index in [2.05, 4.69) is 10.3 Å². The highest BCUT2D eigenvalue weighted by Gasteiger charge is 2.26. The first-order valence-electron chi connectivity index (χ1n) is 9.52. The maximum absolute atomic E-state index is 12.6. The molecule has 4 rings (SSSR count). The molecule has 30 heavy (non-hydrogen) atoms. The molecule has 1 N–H and O–H groups in total. The lowest BCUT2D eigenvalue weighted by molar-refractivity contribution is -0.121. The van der Waals surface area contributed by atoms with Crippen LogP contribution in [0.2, 0.25) is 0 Å². The second-order valence-electron chi connectivity index (χ2n) is 7.19. The van der Waals surface area contributed by atoms with E-state index in [1.54, 1.807) is 4.90 Å². The van der Waals surface area contributed by atoms with Gasteiger partial charge in [-0.3, -0.25) is 14.9 Å². The van der Waals surface area contributed by atoms with Gasteiger partial charge in [0.2, 0.25) is 5.91 Å². The minimum Gasteiger partial charge on any atom is -0.482 e. The number of carbonyl (C=O) groups is 2. The topological polar surface area (TPSA) is 71.5 Å². The average molecular weight is 420 g/mol. The predicted molar refractivity (Wildman–Crippen MR) is 119 cm³/mol. The van der Waals surface area contributed by atoms with Gasteiger partial charge in [0.25, 0.3) is 5.91 Å². The van der Waals surface area contributed by atoms with Crippen LogP contribution in [0.1, 0.15) is 19.4 Å². The lowest BCUT2D eigenvalue weighted by Gasteiger charge is -2.29. The van der Waals surface area contributed by atoms with Crippen molar-refractivity contribution >= 4 is 34.0 Å². The first-order valence-corrected chi connectivity index (χ1v) is 10.4. The number of aromatic nitrogens is 1. The summed E-state index contributed by atoms with van der Waals surface area (Å²) in [6.45, 7) is 4.23. The van der Waals surface area contributed by atoms with Crippen LogP contribution < -0.4 is 15.0 Å². The molecule has 3 aromatic rings. The fraction of sp³-hybridized carbons (Fsp3) is 0.174. The maximum Gasteiger partial charge on any atom is 0.265 e. The van der Waals surface area contributed by atoms with E-state index in [1.165, 1.54) is 17.4 Å². The number of thiazole rings is 1. The van der Waals surface area contributed by atoms with E-state index in [0.29, 0.717) is 17.4 Å². The third kappa shape index (κ3) is 4.41. The molecule has 0 fully saturated rings. The van der Waals surface area contributed by atoms with E-state index in [9.17, 15) is 9.59 Å². The van der Waals surface area contributed by atoms with Gasteiger partial charge in [0.05, 0.1) is 17.9 Å². The molecule has 0 bridgehead atoms. The Morgan fingerprint density at radius 1 is 1.23 bits per heavy atom. The number of anilines is 2. The Kier molecular flexibility index (Phi) is 5.63. The first kappa shape index (κ1) is 19.8. The largest absolute Gasteiger partial charge is 0.482 e. The summed E-state index contributed by atoms with van der Waals surface area (Å²) in [6, 6.07) is 15.5. The van der Waals surface area contributed by atoms with Crippen LogP contribution in [0.15, 0.2) is 65.6 Å². The number of ether oxygens (including phenoxy) is 1. The quantitative estimate of drug-likeness (QED) is 0.612. The van der Waals surface area contributed by atoms with Crippen molar-refractivity contribution in [2.24, 2.45) is 0 Å². The van der Waals surface area contributed by atoms with Gasteiger partial charge >= 0.3 is 0 Å². The summed E-state index contributed by atoms with van der Waals surface area (Å²) >= 11 is 1.36. The number of benzene rings is 2. The number of allylic oxidation sites excluding steroid dienone is 1. The molecule has 0 unspecified atom stereocenters. The number of rotatable bonds is 5. The Morgan fingerprint density at radius 3 is 2.80 bits per heavy atom. The molecule has 0 radical (unpaired) electrons. The second kappa shape index (κ2) is 8.51. The summed E-state index contributed by atoms with van der Waals surface area (Å²) in [6.07, 6.45) is 1.53. The van der Waals surface area contributed by atoms with Crippen molar-refractivity contribution in [2.45, 2.75) is 20.4 Å². The monoisotopic (exact) mass is 419 g/mol. The third-order valence-corrected chi connectivity index (χ3v) is 5.29. The Hall–Kier alpha value is -3.45. The molecular formula is C23H21N3O3S. The summed E-state index contributed by atoms with van der Waals surface area (Å²) in [5.41, 5.74) is 4.26. The fourth-order valence-corrected chi connectivity index (χ4v) is 3.89. The Morgan fingerprint density at radius 2 is 2.03 bits per heavy atom. The van der Waals surface area contributed by atoms with Gasteiger partial charge in [-0.25, -0.2) is 4.98 Å². The number of fused-ring (bicyclic) bond motifs is 1. The highest BCUT2D eigenvalue weighted by atomic mass is 32.1. The summed E-state index contributed by atoms with van der Waals surface area (Å²) < 4.78 is 5.62. The summed E-state index contributed by atoms with van der Waals surface area (Å²) in [4.78, 5) is 30.7. The SMILES string of the molecule is CC(C)=CC(=O)Nc1nc(-c2ccc3c(c2)N(Cc2ccccc2)C(=O)CO3)cs1. The van der Waals surface area contributed by atoms with Crippen LogP contribution >= 0.6 is 11.3 Å². The Balaban J connectivity index is 1.61. The van der Waals surface area contributed by atoms with Gasteiger partial charge in [-0.15, -0.1) is 11.3 Å². The molecule has 2 heterocycles. The highest BCUT2D eigenvalue weighted by molar-refractivity contribution is 7.14. The zero-order chi connectivity index (χ0) is 21.1. The Bertz CT molecular complexity index is 1120. The third-order valence-electron chi connectivity index (χ3n) is 4.54. The van der Waals surface area contributed by atoms with Crippen molar-refractivity contribution in [2.75, 3.05) is 16.8 Å². The summed E-state index contributed by atoms with van der Waals surface area (Å²) in [5.74, 6) is 0.382. The standard InChI is InChI=1S/C23H21N3O3S/c1-15(2)10-21(27)25-23-24-18(14-30-23)17-8-9-20-19(11-17)26(22(28)13-29-20)12-16-6-4-3-5-7-16/h3-11,14H,12-13H2,1-2H3,(H,24,25,27). The number of amides is 2. The van der Waals surface area contributed by atoms with Crippen LogP contribution in [-0.4, -0.2) is 23.4 Å². The lowest BCUT2D eigenvalue weighted by atomic mass is 10.1. The molecule has 152 valence electrons. The molecule has 0 saturated carbocycles. The minimum atomic E-state index is -0.200. The van der Waals surface area contributed by atoms with Gasteiger partial charge in [-0.1, -0.05) is 35.9 Å². The molecule has 2 amide bonds. The molecule has 2 aromatic carbocycles. The van der Waals surface area contributed by atoms with Crippen LogP contribution in [0, 0.1) is 0 Å². The molecule has 1 aliphatic rings. The first-order chi connectivity index (χ1) is 14.5. The van der Waals surface area contributed by atoms with Gasteiger partial charge < -0.3 is 9.64 Å². The van der Waals surface area contributed by atoms with Crippen molar-refractivity contribution in [3.8, 4) is 17.0 Å². The van der Waals surface area contributed by atoms with Gasteiger partial charge in [0.1, 0.15) is 5.75 Å². The normalized spacial score (nSPS) is 12.7. The fourth-order valence-electron chi connectivity index (χ4n) is 3.17. The predicted octanol–water partition coefficient (Wildman–Crippen LogP) is 4.64. The number of nitrogens with zero attached hydrogens (tertiary/aromatic N) is 2. The highest BCUT2D eigenvalue weighted by Crippen LogP contribution is 2.37. The van der Waals surface area contributed by atoms with Crippen molar-refractivity contribution < 1.29 is 14.3 Å². The van der Waals surface area contributed by atoms with Crippen LogP contribution in [0.5, 0.6) is 5.75 Å².